The molecule has 0 spiro atoms. The van der Waals surface area contributed by atoms with E-state index in [-0.39, 0.29) is 18.0 Å². The first-order valence-corrected chi connectivity index (χ1v) is 6.98. The van der Waals surface area contributed by atoms with Gasteiger partial charge in [-0.15, -0.1) is 0 Å². The van der Waals surface area contributed by atoms with E-state index in [1.165, 1.54) is 0 Å². The number of nitrogens with one attached hydrogen (secondary N) is 1. The van der Waals surface area contributed by atoms with Crippen LogP contribution in [0.2, 0.25) is 0 Å². The van der Waals surface area contributed by atoms with Crippen LogP contribution in [0.15, 0.2) is 29.2 Å². The Morgan fingerprint density at radius 2 is 1.88 bits per heavy atom. The molecule has 6 heteroatoms. The highest BCUT2D eigenvalue weighted by Crippen LogP contribution is 2.10. The third-order valence-corrected chi connectivity index (χ3v) is 3.77. The van der Waals surface area contributed by atoms with E-state index in [4.69, 9.17) is 10.8 Å². The zero-order chi connectivity index (χ0) is 12.7. The highest BCUT2D eigenvalue weighted by atomic mass is 32.2. The summed E-state index contributed by atoms with van der Waals surface area (Å²) in [6.07, 6.45) is 1.14. The molecule has 4 N–H and O–H groups in total. The molecule has 0 atom stereocenters. The van der Waals surface area contributed by atoms with Crippen LogP contribution in [-0.4, -0.2) is 33.2 Å². The van der Waals surface area contributed by atoms with Crippen molar-refractivity contribution in [3.8, 4) is 0 Å². The van der Waals surface area contributed by atoms with E-state index >= 15 is 0 Å². The molecule has 0 aliphatic heterocycles. The van der Waals surface area contributed by atoms with Crippen LogP contribution in [-0.2, 0) is 16.4 Å². The van der Waals surface area contributed by atoms with Gasteiger partial charge in [-0.1, -0.05) is 12.1 Å². The smallest absolute Gasteiger partial charge is 0.240 e. The number of hydrogen-bond donors (Lipinski definition) is 3. The number of rotatable bonds is 7. The lowest BCUT2D eigenvalue weighted by Crippen LogP contribution is -2.25. The van der Waals surface area contributed by atoms with Gasteiger partial charge in [0.15, 0.2) is 0 Å². The topological polar surface area (TPSA) is 92.4 Å². The SMILES string of the molecule is NCCc1ccc(S(=O)(=O)NCCCO)cc1. The maximum atomic E-state index is 11.8. The van der Waals surface area contributed by atoms with Crippen molar-refractivity contribution in [1.29, 1.82) is 0 Å². The molecule has 0 unspecified atom stereocenters. The largest absolute Gasteiger partial charge is 0.396 e. The van der Waals surface area contributed by atoms with Crippen molar-refractivity contribution in [2.45, 2.75) is 17.7 Å². The van der Waals surface area contributed by atoms with Crippen LogP contribution in [0.5, 0.6) is 0 Å². The maximum Gasteiger partial charge on any atom is 0.240 e. The summed E-state index contributed by atoms with van der Waals surface area (Å²) < 4.78 is 25.9. The van der Waals surface area contributed by atoms with Gasteiger partial charge in [-0.3, -0.25) is 0 Å². The molecule has 0 amide bonds. The fraction of sp³-hybridized carbons (Fsp3) is 0.455. The quantitative estimate of drug-likeness (QED) is 0.593. The fourth-order valence-electron chi connectivity index (χ4n) is 1.37. The number of aliphatic hydroxyl groups is 1. The summed E-state index contributed by atoms with van der Waals surface area (Å²) in [5.74, 6) is 0. The Morgan fingerprint density at radius 3 is 2.41 bits per heavy atom. The Kier molecular flexibility index (Phi) is 5.57. The van der Waals surface area contributed by atoms with Gasteiger partial charge >= 0.3 is 0 Å². The molecular weight excluding hydrogens is 240 g/mol. The lowest BCUT2D eigenvalue weighted by molar-refractivity contribution is 0.289. The number of sulfonamides is 1. The van der Waals surface area contributed by atoms with Crippen LogP contribution < -0.4 is 10.5 Å². The lowest BCUT2D eigenvalue weighted by atomic mass is 10.2. The molecule has 0 aliphatic rings. The van der Waals surface area contributed by atoms with Crippen LogP contribution in [0.25, 0.3) is 0 Å². The minimum absolute atomic E-state index is 0.0298. The normalized spacial score (nSPS) is 11.6. The average Bonchev–Trinajstić information content (AvgIpc) is 2.30. The molecule has 17 heavy (non-hydrogen) atoms. The molecule has 0 fully saturated rings. The monoisotopic (exact) mass is 258 g/mol. The predicted octanol–water partition coefficient (Wildman–Crippen LogP) is -0.151. The molecule has 5 nitrogen and oxygen atoms in total. The van der Waals surface area contributed by atoms with Crippen LogP contribution in [0.4, 0.5) is 0 Å². The van der Waals surface area contributed by atoms with Gasteiger partial charge in [0.2, 0.25) is 10.0 Å². The molecule has 1 aromatic carbocycles. The number of aliphatic hydroxyl groups excluding tert-OH is 1. The first-order chi connectivity index (χ1) is 8.10. The van der Waals surface area contributed by atoms with E-state index in [0.717, 1.165) is 12.0 Å². The minimum Gasteiger partial charge on any atom is -0.396 e. The van der Waals surface area contributed by atoms with Crippen molar-refractivity contribution in [3.05, 3.63) is 29.8 Å². The van der Waals surface area contributed by atoms with E-state index < -0.39 is 10.0 Å². The molecule has 0 heterocycles. The summed E-state index contributed by atoms with van der Waals surface area (Å²) in [5, 5.41) is 8.58. The van der Waals surface area contributed by atoms with Gasteiger partial charge in [0, 0.05) is 13.2 Å². The Balaban J connectivity index is 2.71. The molecule has 96 valence electrons. The molecule has 0 aromatic heterocycles. The van der Waals surface area contributed by atoms with Crippen molar-refractivity contribution in [2.75, 3.05) is 19.7 Å². The van der Waals surface area contributed by atoms with Gasteiger partial charge in [0.25, 0.3) is 0 Å². The van der Waals surface area contributed by atoms with E-state index in [0.29, 0.717) is 13.0 Å². The maximum absolute atomic E-state index is 11.8. The number of nitrogens with two attached hydrogens (primary N) is 1. The molecular formula is C11H18N2O3S. The van der Waals surface area contributed by atoms with E-state index in [1.807, 2.05) is 0 Å². The van der Waals surface area contributed by atoms with Crippen LogP contribution in [0.1, 0.15) is 12.0 Å². The summed E-state index contributed by atoms with van der Waals surface area (Å²) in [5.41, 5.74) is 6.43. The highest BCUT2D eigenvalue weighted by Gasteiger charge is 2.12. The number of hydrogen-bond acceptors (Lipinski definition) is 4. The van der Waals surface area contributed by atoms with Crippen LogP contribution >= 0.6 is 0 Å². The third-order valence-electron chi connectivity index (χ3n) is 2.29. The second-order valence-electron chi connectivity index (χ2n) is 3.66. The molecule has 0 saturated heterocycles. The zero-order valence-electron chi connectivity index (χ0n) is 9.59. The second-order valence-corrected chi connectivity index (χ2v) is 5.42. The Bertz CT molecular complexity index is 429. The third kappa shape index (κ3) is 4.43. The van der Waals surface area contributed by atoms with Gasteiger partial charge in [-0.25, -0.2) is 13.1 Å². The molecule has 0 aliphatic carbocycles. The first-order valence-electron chi connectivity index (χ1n) is 5.49. The van der Waals surface area contributed by atoms with Crippen molar-refractivity contribution < 1.29 is 13.5 Å². The molecule has 1 rings (SSSR count). The van der Waals surface area contributed by atoms with Gasteiger partial charge < -0.3 is 10.8 Å². The highest BCUT2D eigenvalue weighted by molar-refractivity contribution is 7.89. The summed E-state index contributed by atoms with van der Waals surface area (Å²) >= 11 is 0. The summed E-state index contributed by atoms with van der Waals surface area (Å²) in [6.45, 7) is 0.752. The van der Waals surface area contributed by atoms with Crippen LogP contribution in [0, 0.1) is 0 Å². The lowest BCUT2D eigenvalue weighted by Gasteiger charge is -2.06. The van der Waals surface area contributed by atoms with Crippen molar-refractivity contribution >= 4 is 10.0 Å². The fourth-order valence-corrected chi connectivity index (χ4v) is 2.44. The van der Waals surface area contributed by atoms with Crippen molar-refractivity contribution in [3.63, 3.8) is 0 Å². The summed E-state index contributed by atoms with van der Waals surface area (Å²) in [7, 11) is -3.46. The van der Waals surface area contributed by atoms with E-state index in [2.05, 4.69) is 4.72 Å². The van der Waals surface area contributed by atoms with Crippen molar-refractivity contribution in [2.24, 2.45) is 5.73 Å². The van der Waals surface area contributed by atoms with Gasteiger partial charge in [-0.05, 0) is 37.1 Å². The minimum atomic E-state index is -3.46. The van der Waals surface area contributed by atoms with Gasteiger partial charge in [-0.2, -0.15) is 0 Å². The first kappa shape index (κ1) is 14.1. The average molecular weight is 258 g/mol. The Hall–Kier alpha value is -0.950. The molecule has 0 saturated carbocycles. The van der Waals surface area contributed by atoms with Gasteiger partial charge in [0.1, 0.15) is 0 Å². The standard InChI is InChI=1S/C11H18N2O3S/c12-7-6-10-2-4-11(5-3-10)17(15,16)13-8-1-9-14/h2-5,13-14H,1,6-9,12H2. The predicted molar refractivity (Wildman–Crippen MR) is 66.1 cm³/mol. The van der Waals surface area contributed by atoms with Gasteiger partial charge in [0.05, 0.1) is 4.90 Å². The van der Waals surface area contributed by atoms with Crippen molar-refractivity contribution in [1.82, 2.24) is 4.72 Å². The zero-order valence-corrected chi connectivity index (χ0v) is 10.4. The second kappa shape index (κ2) is 6.70. The van der Waals surface area contributed by atoms with E-state index in [1.54, 1.807) is 24.3 Å². The molecule has 1 aromatic rings. The summed E-state index contributed by atoms with van der Waals surface area (Å²) in [6, 6.07) is 6.64. The Morgan fingerprint density at radius 1 is 1.24 bits per heavy atom. The summed E-state index contributed by atoms with van der Waals surface area (Å²) in [4.78, 5) is 0.233. The molecule has 0 radical (unpaired) electrons. The molecule has 0 bridgehead atoms. The van der Waals surface area contributed by atoms with E-state index in [9.17, 15) is 8.42 Å². The Labute approximate surface area is 102 Å². The van der Waals surface area contributed by atoms with Crippen LogP contribution in [0.3, 0.4) is 0 Å². The number of benzene rings is 1.